The first-order valence-electron chi connectivity index (χ1n) is 7.13. The molecule has 0 aromatic heterocycles. The smallest absolute Gasteiger partial charge is 0.0440 e. The van der Waals surface area contributed by atoms with Crippen LogP contribution < -0.4 is 0 Å². The third-order valence-corrected chi connectivity index (χ3v) is 2.56. The first-order valence-corrected chi connectivity index (χ1v) is 7.13. The minimum Gasteiger partial charge on any atom is -0.396 e. The van der Waals surface area contributed by atoms with Crippen LogP contribution in [0.1, 0.15) is 64.7 Å². The lowest BCUT2D eigenvalue weighted by Crippen LogP contribution is -1.78. The van der Waals surface area contributed by atoms with Gasteiger partial charge in [0.05, 0.1) is 0 Å². The number of hydrogen-bond acceptors (Lipinski definition) is 1. The zero-order valence-corrected chi connectivity index (χ0v) is 11.7. The molecule has 0 bridgehead atoms. The van der Waals surface area contributed by atoms with Crippen molar-refractivity contribution in [3.8, 4) is 23.7 Å². The van der Waals surface area contributed by atoms with E-state index in [1.54, 1.807) is 0 Å². The number of aliphatic hydroxyl groups is 1. The summed E-state index contributed by atoms with van der Waals surface area (Å²) in [5, 5.41) is 8.54. The van der Waals surface area contributed by atoms with Crippen LogP contribution in [-0.2, 0) is 0 Å². The van der Waals surface area contributed by atoms with E-state index >= 15 is 0 Å². The summed E-state index contributed by atoms with van der Waals surface area (Å²) >= 11 is 0. The highest BCUT2D eigenvalue weighted by molar-refractivity contribution is 5.26. The maximum absolute atomic E-state index is 8.54. The van der Waals surface area contributed by atoms with Gasteiger partial charge in [-0.2, -0.15) is 0 Å². The van der Waals surface area contributed by atoms with Gasteiger partial charge in [-0.25, -0.2) is 0 Å². The lowest BCUT2D eigenvalue weighted by Gasteiger charge is -1.95. The van der Waals surface area contributed by atoms with Gasteiger partial charge in [0.25, 0.3) is 0 Å². The van der Waals surface area contributed by atoms with Crippen LogP contribution in [0.15, 0.2) is 12.2 Å². The summed E-state index contributed by atoms with van der Waals surface area (Å²) in [5.41, 5.74) is 0. The molecule has 100 valence electrons. The van der Waals surface area contributed by atoms with Gasteiger partial charge < -0.3 is 5.11 Å². The van der Waals surface area contributed by atoms with Crippen LogP contribution in [0, 0.1) is 23.7 Å². The second-order valence-electron chi connectivity index (χ2n) is 4.31. The first kappa shape index (κ1) is 16.8. The van der Waals surface area contributed by atoms with E-state index in [0.29, 0.717) is 0 Å². The molecule has 18 heavy (non-hydrogen) atoms. The zero-order valence-electron chi connectivity index (χ0n) is 11.7. The normalized spacial score (nSPS) is 9.67. The van der Waals surface area contributed by atoms with Gasteiger partial charge >= 0.3 is 0 Å². The average Bonchev–Trinajstić information content (AvgIpc) is 2.39. The van der Waals surface area contributed by atoms with Crippen molar-refractivity contribution in [2.45, 2.75) is 64.7 Å². The predicted molar refractivity (Wildman–Crippen MR) is 79.0 cm³/mol. The van der Waals surface area contributed by atoms with Crippen LogP contribution in [0.3, 0.4) is 0 Å². The zero-order chi connectivity index (χ0) is 13.3. The number of hydrogen-bond donors (Lipinski definition) is 1. The number of aliphatic hydroxyl groups excluding tert-OH is 1. The molecule has 0 aromatic carbocycles. The van der Waals surface area contributed by atoms with Crippen molar-refractivity contribution >= 4 is 0 Å². The quantitative estimate of drug-likeness (QED) is 0.369. The van der Waals surface area contributed by atoms with E-state index in [0.717, 1.165) is 19.3 Å². The highest BCUT2D eigenvalue weighted by atomic mass is 16.2. The molecule has 0 atom stereocenters. The van der Waals surface area contributed by atoms with Crippen LogP contribution in [0.2, 0.25) is 0 Å². The summed E-state index contributed by atoms with van der Waals surface area (Å²) in [5.74, 6) is 11.5. The SMILES string of the molecule is CCCCCCC/C=C\CC#CC#CCCCO. The van der Waals surface area contributed by atoms with Gasteiger partial charge in [0, 0.05) is 19.4 Å². The van der Waals surface area contributed by atoms with Crippen molar-refractivity contribution in [1.82, 2.24) is 0 Å². The first-order chi connectivity index (χ1) is 8.91. The topological polar surface area (TPSA) is 20.2 Å². The van der Waals surface area contributed by atoms with Crippen molar-refractivity contribution in [1.29, 1.82) is 0 Å². The molecule has 0 aliphatic rings. The molecule has 0 saturated carbocycles. The maximum atomic E-state index is 8.54. The molecule has 0 saturated heterocycles. The molecule has 0 rings (SSSR count). The lowest BCUT2D eigenvalue weighted by atomic mass is 10.1. The molecule has 0 radical (unpaired) electrons. The lowest BCUT2D eigenvalue weighted by molar-refractivity contribution is 0.290. The summed E-state index contributed by atoms with van der Waals surface area (Å²) in [7, 11) is 0. The van der Waals surface area contributed by atoms with Crippen molar-refractivity contribution < 1.29 is 5.11 Å². The van der Waals surface area contributed by atoms with Gasteiger partial charge in [0.15, 0.2) is 0 Å². The minimum atomic E-state index is 0.211. The summed E-state index contributed by atoms with van der Waals surface area (Å²) in [6.45, 7) is 2.45. The molecule has 1 heteroatoms. The molecule has 1 N–H and O–H groups in total. The van der Waals surface area contributed by atoms with Crippen LogP contribution in [0.4, 0.5) is 0 Å². The second-order valence-corrected chi connectivity index (χ2v) is 4.31. The van der Waals surface area contributed by atoms with Crippen LogP contribution in [0.25, 0.3) is 0 Å². The minimum absolute atomic E-state index is 0.211. The number of rotatable bonds is 9. The Morgan fingerprint density at radius 3 is 2.44 bits per heavy atom. The summed E-state index contributed by atoms with van der Waals surface area (Å²) in [4.78, 5) is 0. The molecular weight excluding hydrogens is 220 g/mol. The predicted octanol–water partition coefficient (Wildman–Crippen LogP) is 4.07. The van der Waals surface area contributed by atoms with Gasteiger partial charge in [-0.15, -0.1) is 0 Å². The summed E-state index contributed by atoms with van der Waals surface area (Å²) in [6, 6.07) is 0. The third kappa shape index (κ3) is 14.8. The van der Waals surface area contributed by atoms with Crippen LogP contribution in [-0.4, -0.2) is 11.7 Å². The fourth-order valence-corrected chi connectivity index (χ4v) is 1.50. The molecule has 0 aromatic rings. The molecule has 1 nitrogen and oxygen atoms in total. The fraction of sp³-hybridized carbons (Fsp3) is 0.647. The monoisotopic (exact) mass is 246 g/mol. The standard InChI is InChI=1S/C17H26O/c1-2-3-4-5-6-7-8-9-10-11-12-13-14-15-16-17-18/h8-9,18H,2-7,10,15-17H2,1H3/b9-8-. The maximum Gasteiger partial charge on any atom is 0.0440 e. The Hall–Kier alpha value is -1.18. The van der Waals surface area contributed by atoms with Gasteiger partial charge in [-0.05, 0) is 31.1 Å². The summed E-state index contributed by atoms with van der Waals surface area (Å²) < 4.78 is 0. The molecular formula is C17H26O. The molecule has 0 aliphatic carbocycles. The van der Waals surface area contributed by atoms with Crippen molar-refractivity contribution in [3.63, 3.8) is 0 Å². The van der Waals surface area contributed by atoms with Gasteiger partial charge in [-0.1, -0.05) is 56.6 Å². The fourth-order valence-electron chi connectivity index (χ4n) is 1.50. The van der Waals surface area contributed by atoms with Crippen LogP contribution in [0.5, 0.6) is 0 Å². The Bertz CT molecular complexity index is 306. The van der Waals surface area contributed by atoms with E-state index in [1.165, 1.54) is 38.5 Å². The second kappa shape index (κ2) is 15.8. The highest BCUT2D eigenvalue weighted by Crippen LogP contribution is 2.05. The molecule has 0 heterocycles. The van der Waals surface area contributed by atoms with Crippen molar-refractivity contribution in [3.05, 3.63) is 12.2 Å². The average molecular weight is 246 g/mol. The van der Waals surface area contributed by atoms with Gasteiger partial charge in [0.1, 0.15) is 0 Å². The third-order valence-electron chi connectivity index (χ3n) is 2.56. The van der Waals surface area contributed by atoms with Gasteiger partial charge in [-0.3, -0.25) is 0 Å². The molecule has 0 fully saturated rings. The Kier molecular flexibility index (Phi) is 14.8. The van der Waals surface area contributed by atoms with Crippen molar-refractivity contribution in [2.24, 2.45) is 0 Å². The molecule has 0 amide bonds. The summed E-state index contributed by atoms with van der Waals surface area (Å²) in [6.07, 6.45) is 14.5. The molecule has 0 aliphatic heterocycles. The number of unbranched alkanes of at least 4 members (excludes halogenated alkanes) is 6. The van der Waals surface area contributed by atoms with E-state index in [2.05, 4.69) is 42.8 Å². The Morgan fingerprint density at radius 2 is 1.67 bits per heavy atom. The van der Waals surface area contributed by atoms with E-state index in [9.17, 15) is 0 Å². The Balaban J connectivity index is 3.36. The highest BCUT2D eigenvalue weighted by Gasteiger charge is 1.85. The van der Waals surface area contributed by atoms with E-state index in [-0.39, 0.29) is 6.61 Å². The van der Waals surface area contributed by atoms with E-state index in [1.807, 2.05) is 0 Å². The largest absolute Gasteiger partial charge is 0.396 e. The number of allylic oxidation sites excluding steroid dienone is 2. The van der Waals surface area contributed by atoms with Crippen molar-refractivity contribution in [2.75, 3.05) is 6.61 Å². The Labute approximate surface area is 113 Å². The van der Waals surface area contributed by atoms with Gasteiger partial charge in [0.2, 0.25) is 0 Å². The van der Waals surface area contributed by atoms with E-state index < -0.39 is 0 Å². The molecule has 0 spiro atoms. The van der Waals surface area contributed by atoms with Crippen LogP contribution >= 0.6 is 0 Å². The molecule has 0 unspecified atom stereocenters. The Morgan fingerprint density at radius 1 is 0.889 bits per heavy atom. The van der Waals surface area contributed by atoms with E-state index in [4.69, 9.17) is 5.11 Å².